The Labute approximate surface area is 164 Å². The molecule has 0 aliphatic carbocycles. The highest BCUT2D eigenvalue weighted by Gasteiger charge is 2.14. The zero-order valence-corrected chi connectivity index (χ0v) is 16.0. The maximum absolute atomic E-state index is 12.8. The molecule has 0 bridgehead atoms. The molecule has 1 amide bonds. The molecule has 0 fully saturated rings. The van der Waals surface area contributed by atoms with E-state index in [1.807, 2.05) is 59.8 Å². The first-order valence-corrected chi connectivity index (χ1v) is 10.1. The maximum atomic E-state index is 12.8. The standard InChI is InChI=1S/C22H23N3OS/c26-22(18-27-17-21-9-5-12-24-15-21)25(16-20-8-4-11-23-14-20)13-10-19-6-2-1-3-7-19/h1-9,11-12,14-15H,10,13,16-18H2. The summed E-state index contributed by atoms with van der Waals surface area (Å²) < 4.78 is 0. The van der Waals surface area contributed by atoms with Gasteiger partial charge in [0.1, 0.15) is 0 Å². The number of hydrogen-bond donors (Lipinski definition) is 0. The number of thioether (sulfide) groups is 1. The van der Waals surface area contributed by atoms with E-state index >= 15 is 0 Å². The minimum atomic E-state index is 0.156. The van der Waals surface area contributed by atoms with Gasteiger partial charge < -0.3 is 4.90 Å². The predicted octanol–water partition coefficient (Wildman–Crippen LogP) is 3.98. The van der Waals surface area contributed by atoms with Crippen molar-refractivity contribution < 1.29 is 4.79 Å². The van der Waals surface area contributed by atoms with Crippen molar-refractivity contribution in [3.8, 4) is 0 Å². The predicted molar refractivity (Wildman–Crippen MR) is 110 cm³/mol. The van der Waals surface area contributed by atoms with Crippen LogP contribution < -0.4 is 0 Å². The Morgan fingerprint density at radius 3 is 2.19 bits per heavy atom. The minimum absolute atomic E-state index is 0.156. The van der Waals surface area contributed by atoms with E-state index in [0.29, 0.717) is 18.8 Å². The molecule has 0 N–H and O–H groups in total. The quantitative estimate of drug-likeness (QED) is 0.566. The summed E-state index contributed by atoms with van der Waals surface area (Å²) >= 11 is 1.63. The molecule has 0 saturated heterocycles. The number of amides is 1. The van der Waals surface area contributed by atoms with Crippen LogP contribution in [-0.2, 0) is 23.5 Å². The van der Waals surface area contributed by atoms with Gasteiger partial charge in [0, 0.05) is 43.6 Å². The van der Waals surface area contributed by atoms with E-state index in [9.17, 15) is 4.79 Å². The van der Waals surface area contributed by atoms with Crippen LogP contribution in [0.3, 0.4) is 0 Å². The van der Waals surface area contributed by atoms with Gasteiger partial charge in [0.2, 0.25) is 5.91 Å². The Morgan fingerprint density at radius 1 is 0.852 bits per heavy atom. The third kappa shape index (κ3) is 6.53. The van der Waals surface area contributed by atoms with E-state index in [1.165, 1.54) is 5.56 Å². The Balaban J connectivity index is 1.58. The lowest BCUT2D eigenvalue weighted by atomic mass is 10.1. The molecule has 0 aliphatic heterocycles. The van der Waals surface area contributed by atoms with Crippen molar-refractivity contribution in [3.05, 3.63) is 96.1 Å². The number of aromatic nitrogens is 2. The van der Waals surface area contributed by atoms with Crippen LogP contribution in [0.4, 0.5) is 0 Å². The van der Waals surface area contributed by atoms with Crippen molar-refractivity contribution >= 4 is 17.7 Å². The first kappa shape index (κ1) is 19.1. The van der Waals surface area contributed by atoms with E-state index in [-0.39, 0.29) is 5.91 Å². The molecule has 5 heteroatoms. The molecular formula is C22H23N3OS. The highest BCUT2D eigenvalue weighted by Crippen LogP contribution is 2.14. The van der Waals surface area contributed by atoms with Gasteiger partial charge in [-0.2, -0.15) is 0 Å². The van der Waals surface area contributed by atoms with Crippen LogP contribution >= 0.6 is 11.8 Å². The first-order chi connectivity index (χ1) is 13.3. The summed E-state index contributed by atoms with van der Waals surface area (Å²) in [6.07, 6.45) is 8.04. The zero-order chi connectivity index (χ0) is 18.7. The topological polar surface area (TPSA) is 46.1 Å². The summed E-state index contributed by atoms with van der Waals surface area (Å²) in [5.74, 6) is 1.41. The van der Waals surface area contributed by atoms with Crippen LogP contribution in [-0.4, -0.2) is 33.1 Å². The molecule has 0 saturated carbocycles. The smallest absolute Gasteiger partial charge is 0.232 e. The van der Waals surface area contributed by atoms with Crippen LogP contribution in [0.5, 0.6) is 0 Å². The summed E-state index contributed by atoms with van der Waals surface area (Å²) in [7, 11) is 0. The number of pyridine rings is 2. The number of carbonyl (C=O) groups is 1. The van der Waals surface area contributed by atoms with Crippen molar-refractivity contribution in [2.24, 2.45) is 0 Å². The molecule has 0 spiro atoms. The lowest BCUT2D eigenvalue weighted by molar-refractivity contribution is -0.128. The fourth-order valence-corrected chi connectivity index (χ4v) is 3.61. The number of carbonyl (C=O) groups excluding carboxylic acids is 1. The van der Waals surface area contributed by atoms with E-state index in [0.717, 1.165) is 23.3 Å². The van der Waals surface area contributed by atoms with Gasteiger partial charge >= 0.3 is 0 Å². The molecule has 0 aliphatic rings. The molecule has 0 radical (unpaired) electrons. The zero-order valence-electron chi connectivity index (χ0n) is 15.2. The summed E-state index contributed by atoms with van der Waals surface area (Å²) in [5.41, 5.74) is 3.43. The summed E-state index contributed by atoms with van der Waals surface area (Å²) in [4.78, 5) is 23.0. The Kier molecular flexibility index (Phi) is 7.42. The van der Waals surface area contributed by atoms with Crippen LogP contribution in [0.1, 0.15) is 16.7 Å². The number of rotatable bonds is 9. The second-order valence-corrected chi connectivity index (χ2v) is 7.25. The normalized spacial score (nSPS) is 10.5. The molecule has 1 aromatic carbocycles. The third-order valence-electron chi connectivity index (χ3n) is 4.18. The lowest BCUT2D eigenvalue weighted by Crippen LogP contribution is -2.34. The molecule has 4 nitrogen and oxygen atoms in total. The minimum Gasteiger partial charge on any atom is -0.337 e. The highest BCUT2D eigenvalue weighted by atomic mass is 32.2. The molecule has 0 atom stereocenters. The highest BCUT2D eigenvalue weighted by molar-refractivity contribution is 7.99. The fraction of sp³-hybridized carbons (Fsp3) is 0.227. The van der Waals surface area contributed by atoms with Crippen molar-refractivity contribution in [1.82, 2.24) is 14.9 Å². The second-order valence-electron chi connectivity index (χ2n) is 6.27. The van der Waals surface area contributed by atoms with Gasteiger partial charge in [-0.05, 0) is 35.2 Å². The van der Waals surface area contributed by atoms with Gasteiger partial charge in [0.25, 0.3) is 0 Å². The molecule has 27 heavy (non-hydrogen) atoms. The van der Waals surface area contributed by atoms with Crippen molar-refractivity contribution in [3.63, 3.8) is 0 Å². The van der Waals surface area contributed by atoms with Crippen molar-refractivity contribution in [2.75, 3.05) is 12.3 Å². The van der Waals surface area contributed by atoms with Gasteiger partial charge in [-0.15, -0.1) is 11.8 Å². The van der Waals surface area contributed by atoms with Gasteiger partial charge in [-0.1, -0.05) is 42.5 Å². The lowest BCUT2D eigenvalue weighted by Gasteiger charge is -2.23. The van der Waals surface area contributed by atoms with Gasteiger partial charge in [0.15, 0.2) is 0 Å². The molecule has 3 aromatic rings. The SMILES string of the molecule is O=C(CSCc1cccnc1)N(CCc1ccccc1)Cc1cccnc1. The van der Waals surface area contributed by atoms with E-state index in [1.54, 1.807) is 24.2 Å². The number of hydrogen-bond acceptors (Lipinski definition) is 4. The van der Waals surface area contributed by atoms with E-state index < -0.39 is 0 Å². The summed E-state index contributed by atoms with van der Waals surface area (Å²) in [5, 5.41) is 0. The Morgan fingerprint density at radius 2 is 1.52 bits per heavy atom. The van der Waals surface area contributed by atoms with Crippen molar-refractivity contribution in [2.45, 2.75) is 18.7 Å². The maximum Gasteiger partial charge on any atom is 0.232 e. The van der Waals surface area contributed by atoms with Crippen LogP contribution in [0, 0.1) is 0 Å². The summed E-state index contributed by atoms with van der Waals surface area (Å²) in [6, 6.07) is 18.2. The van der Waals surface area contributed by atoms with Crippen LogP contribution in [0.2, 0.25) is 0 Å². The van der Waals surface area contributed by atoms with Gasteiger partial charge in [0.05, 0.1) is 5.75 Å². The first-order valence-electron chi connectivity index (χ1n) is 8.98. The molecule has 0 unspecified atom stereocenters. The number of benzene rings is 1. The molecule has 3 rings (SSSR count). The Hall–Kier alpha value is -2.66. The average molecular weight is 378 g/mol. The van der Waals surface area contributed by atoms with E-state index in [4.69, 9.17) is 0 Å². The van der Waals surface area contributed by atoms with Gasteiger partial charge in [-0.3, -0.25) is 14.8 Å². The van der Waals surface area contributed by atoms with Gasteiger partial charge in [-0.25, -0.2) is 0 Å². The molecule has 2 heterocycles. The summed E-state index contributed by atoms with van der Waals surface area (Å²) in [6.45, 7) is 1.29. The molecular weight excluding hydrogens is 354 g/mol. The van der Waals surface area contributed by atoms with E-state index in [2.05, 4.69) is 22.1 Å². The molecule has 138 valence electrons. The second kappa shape index (κ2) is 10.5. The Bertz CT molecular complexity index is 813. The van der Waals surface area contributed by atoms with Crippen LogP contribution in [0.15, 0.2) is 79.4 Å². The monoisotopic (exact) mass is 377 g/mol. The third-order valence-corrected chi connectivity index (χ3v) is 5.17. The average Bonchev–Trinajstić information content (AvgIpc) is 2.73. The van der Waals surface area contributed by atoms with Crippen molar-refractivity contribution in [1.29, 1.82) is 0 Å². The number of nitrogens with zero attached hydrogens (tertiary/aromatic N) is 3. The fourth-order valence-electron chi connectivity index (χ4n) is 2.74. The largest absolute Gasteiger partial charge is 0.337 e. The van der Waals surface area contributed by atoms with Crippen LogP contribution in [0.25, 0.3) is 0 Å². The molecule has 2 aromatic heterocycles.